The summed E-state index contributed by atoms with van der Waals surface area (Å²) in [6, 6.07) is 4.67. The molecule has 1 fully saturated rings. The third-order valence-electron chi connectivity index (χ3n) is 7.49. The summed E-state index contributed by atoms with van der Waals surface area (Å²) in [6.45, 7) is 6.91. The van der Waals surface area contributed by atoms with Gasteiger partial charge in [0.2, 0.25) is 0 Å². The van der Waals surface area contributed by atoms with Crippen LogP contribution < -0.4 is 0 Å². The van der Waals surface area contributed by atoms with Gasteiger partial charge in [-0.05, 0) is 91.9 Å². The first-order valence-corrected chi connectivity index (χ1v) is 9.43. The van der Waals surface area contributed by atoms with Crippen LogP contribution in [0.15, 0.2) is 23.8 Å². The molecule has 1 N–H and O–H groups in total. The van der Waals surface area contributed by atoms with Gasteiger partial charge in [0.25, 0.3) is 0 Å². The summed E-state index contributed by atoms with van der Waals surface area (Å²) >= 11 is 0. The van der Waals surface area contributed by atoms with Crippen LogP contribution in [0.1, 0.15) is 67.2 Å². The predicted octanol–water partition coefficient (Wildman–Crippen LogP) is 5.17. The van der Waals surface area contributed by atoms with Crippen LogP contribution >= 0.6 is 0 Å². The van der Waals surface area contributed by atoms with Crippen molar-refractivity contribution in [3.63, 3.8) is 0 Å². The van der Waals surface area contributed by atoms with E-state index < -0.39 is 5.97 Å². The quantitative estimate of drug-likeness (QED) is 0.724. The number of carboxylic acid groups (broad SMARTS) is 1. The topological polar surface area (TPSA) is 37.3 Å². The Morgan fingerprint density at radius 2 is 2.04 bits per heavy atom. The van der Waals surface area contributed by atoms with E-state index in [9.17, 15) is 9.90 Å². The first-order valence-electron chi connectivity index (χ1n) is 9.43. The number of hydrogen-bond acceptors (Lipinski definition) is 1. The van der Waals surface area contributed by atoms with Gasteiger partial charge in [-0.3, -0.25) is 4.79 Å². The van der Waals surface area contributed by atoms with Crippen molar-refractivity contribution in [2.45, 2.75) is 65.2 Å². The Bertz CT molecular complexity index is 730. The van der Waals surface area contributed by atoms with Crippen molar-refractivity contribution in [2.75, 3.05) is 0 Å². The van der Waals surface area contributed by atoms with E-state index in [1.807, 2.05) is 0 Å². The zero-order valence-electron chi connectivity index (χ0n) is 15.1. The summed E-state index contributed by atoms with van der Waals surface area (Å²) in [6.07, 6.45) is 8.60. The number of benzene rings is 1. The average molecular weight is 324 g/mol. The Hall–Kier alpha value is -1.57. The molecule has 0 bridgehead atoms. The fraction of sp³-hybridized carbons (Fsp3) is 0.591. The Morgan fingerprint density at radius 3 is 2.79 bits per heavy atom. The molecular weight excluding hydrogens is 296 g/mol. The van der Waals surface area contributed by atoms with Crippen molar-refractivity contribution in [2.24, 2.45) is 17.3 Å². The van der Waals surface area contributed by atoms with Gasteiger partial charge in [-0.15, -0.1) is 0 Å². The molecule has 1 saturated carbocycles. The van der Waals surface area contributed by atoms with Gasteiger partial charge in [0.05, 0.1) is 5.92 Å². The molecule has 1 aromatic rings. The Morgan fingerprint density at radius 1 is 1.25 bits per heavy atom. The van der Waals surface area contributed by atoms with Gasteiger partial charge < -0.3 is 5.11 Å². The first kappa shape index (κ1) is 15.9. The molecule has 4 rings (SSSR count). The molecule has 128 valence electrons. The minimum atomic E-state index is -0.611. The Balaban J connectivity index is 1.72. The molecule has 0 saturated heterocycles. The minimum Gasteiger partial charge on any atom is -0.481 e. The van der Waals surface area contributed by atoms with Gasteiger partial charge in [-0.2, -0.15) is 0 Å². The molecule has 0 amide bonds. The van der Waals surface area contributed by atoms with Crippen molar-refractivity contribution in [1.82, 2.24) is 0 Å². The third kappa shape index (κ3) is 2.18. The van der Waals surface area contributed by atoms with E-state index >= 15 is 0 Å². The number of carbonyl (C=O) groups is 1. The smallest absolute Gasteiger partial charge is 0.306 e. The maximum absolute atomic E-state index is 11.4. The van der Waals surface area contributed by atoms with Crippen LogP contribution in [-0.2, 0) is 11.2 Å². The summed E-state index contributed by atoms with van der Waals surface area (Å²) in [5, 5.41) is 9.40. The van der Waals surface area contributed by atoms with E-state index in [-0.39, 0.29) is 11.3 Å². The van der Waals surface area contributed by atoms with Crippen LogP contribution in [-0.4, -0.2) is 11.1 Å². The van der Waals surface area contributed by atoms with E-state index in [0.717, 1.165) is 25.7 Å². The molecule has 4 atom stereocenters. The molecule has 0 radical (unpaired) electrons. The lowest BCUT2D eigenvalue weighted by Crippen LogP contribution is -2.43. The van der Waals surface area contributed by atoms with E-state index in [2.05, 4.69) is 39.0 Å². The highest BCUT2D eigenvalue weighted by Gasteiger charge is 2.49. The summed E-state index contributed by atoms with van der Waals surface area (Å²) < 4.78 is 0. The fourth-order valence-electron chi connectivity index (χ4n) is 5.80. The lowest BCUT2D eigenvalue weighted by atomic mass is 9.52. The maximum Gasteiger partial charge on any atom is 0.306 e. The number of aliphatic carboxylic acids is 1. The summed E-state index contributed by atoms with van der Waals surface area (Å²) in [5.74, 6) is 0.534. The second-order valence-corrected chi connectivity index (χ2v) is 8.49. The molecular formula is C22H28O2. The molecule has 2 heteroatoms. The van der Waals surface area contributed by atoms with Crippen LogP contribution in [0, 0.1) is 31.1 Å². The van der Waals surface area contributed by atoms with Crippen molar-refractivity contribution in [1.29, 1.82) is 0 Å². The molecule has 0 heterocycles. The van der Waals surface area contributed by atoms with Crippen LogP contribution in [0.25, 0.3) is 0 Å². The van der Waals surface area contributed by atoms with Crippen molar-refractivity contribution >= 4 is 5.97 Å². The predicted molar refractivity (Wildman–Crippen MR) is 96.3 cm³/mol. The molecule has 0 aromatic heterocycles. The highest BCUT2D eigenvalue weighted by molar-refractivity contribution is 5.70. The zero-order chi connectivity index (χ0) is 17.1. The number of rotatable bonds is 1. The van der Waals surface area contributed by atoms with Crippen LogP contribution in [0.3, 0.4) is 0 Å². The molecule has 0 unspecified atom stereocenters. The van der Waals surface area contributed by atoms with Crippen LogP contribution in [0.5, 0.6) is 0 Å². The van der Waals surface area contributed by atoms with Crippen molar-refractivity contribution in [3.05, 3.63) is 46.0 Å². The van der Waals surface area contributed by atoms with Crippen LogP contribution in [0.4, 0.5) is 0 Å². The lowest BCUT2D eigenvalue weighted by molar-refractivity contribution is -0.143. The Labute approximate surface area is 145 Å². The lowest BCUT2D eigenvalue weighted by Gasteiger charge is -2.52. The largest absolute Gasteiger partial charge is 0.481 e. The van der Waals surface area contributed by atoms with Crippen LogP contribution in [0.2, 0.25) is 0 Å². The molecule has 0 aliphatic heterocycles. The number of hydrogen-bond donors (Lipinski definition) is 1. The van der Waals surface area contributed by atoms with Gasteiger partial charge >= 0.3 is 5.97 Å². The first-order chi connectivity index (χ1) is 11.4. The van der Waals surface area contributed by atoms with E-state index in [1.54, 1.807) is 11.1 Å². The number of fused-ring (bicyclic) bond motifs is 5. The standard InChI is InChI=1S/C22H28O2/c1-13-4-6-18-17(14(13)2)8-9-20-19(18)7-5-16-12-15(21(23)24)10-11-22(16,20)3/h4-6,15,19-20H,7-12H2,1-3H3,(H,23,24)/t15-,19-,20-,22-/m0/s1. The van der Waals surface area contributed by atoms with Crippen molar-refractivity contribution in [3.8, 4) is 0 Å². The van der Waals surface area contributed by atoms with E-state index in [1.165, 1.54) is 29.5 Å². The highest BCUT2D eigenvalue weighted by atomic mass is 16.4. The van der Waals surface area contributed by atoms with E-state index in [4.69, 9.17) is 0 Å². The van der Waals surface area contributed by atoms with Crippen molar-refractivity contribution < 1.29 is 9.90 Å². The monoisotopic (exact) mass is 324 g/mol. The maximum atomic E-state index is 11.4. The highest BCUT2D eigenvalue weighted by Crippen LogP contribution is 2.59. The average Bonchev–Trinajstić information content (AvgIpc) is 2.56. The summed E-state index contributed by atoms with van der Waals surface area (Å²) in [4.78, 5) is 11.4. The summed E-state index contributed by atoms with van der Waals surface area (Å²) in [7, 11) is 0. The number of allylic oxidation sites excluding steroid dienone is 2. The van der Waals surface area contributed by atoms with Gasteiger partial charge in [0.15, 0.2) is 0 Å². The normalized spacial score (nSPS) is 34.6. The number of carboxylic acids is 1. The second-order valence-electron chi connectivity index (χ2n) is 8.49. The third-order valence-corrected chi connectivity index (χ3v) is 7.49. The molecule has 3 aliphatic rings. The summed E-state index contributed by atoms with van der Waals surface area (Å²) in [5.41, 5.74) is 7.72. The SMILES string of the molecule is Cc1ccc2c(c1C)CC[C@H]1[C@H]2CC=C2C[C@@H](C(=O)O)CC[C@@]21C. The van der Waals surface area contributed by atoms with Gasteiger partial charge in [0, 0.05) is 0 Å². The van der Waals surface area contributed by atoms with Gasteiger partial charge in [-0.1, -0.05) is 30.7 Å². The molecule has 0 spiro atoms. The van der Waals surface area contributed by atoms with Gasteiger partial charge in [-0.25, -0.2) is 0 Å². The molecule has 3 aliphatic carbocycles. The second kappa shape index (κ2) is 5.47. The van der Waals surface area contributed by atoms with E-state index in [0.29, 0.717) is 11.8 Å². The zero-order valence-corrected chi connectivity index (χ0v) is 15.1. The molecule has 24 heavy (non-hydrogen) atoms. The Kier molecular flexibility index (Phi) is 3.63. The minimum absolute atomic E-state index is 0.165. The number of aryl methyl sites for hydroxylation is 1. The van der Waals surface area contributed by atoms with Gasteiger partial charge in [0.1, 0.15) is 0 Å². The molecule has 1 aromatic carbocycles. The molecule has 2 nitrogen and oxygen atoms in total. The fourth-order valence-corrected chi connectivity index (χ4v) is 5.80.